The molecule has 0 unspecified atom stereocenters. The van der Waals surface area contributed by atoms with Gasteiger partial charge in [-0.25, -0.2) is 0 Å². The van der Waals surface area contributed by atoms with Crippen molar-refractivity contribution in [1.29, 1.82) is 0 Å². The Balaban J connectivity index is 1.61. The molecule has 4 rings (SSSR count). The first kappa shape index (κ1) is 24.5. The molecule has 0 aromatic rings. The quantitative estimate of drug-likeness (QED) is 0.362. The van der Waals surface area contributed by atoms with Crippen LogP contribution in [0.5, 0.6) is 0 Å². The van der Waals surface area contributed by atoms with Crippen molar-refractivity contribution < 1.29 is 38.4 Å². The average molecular weight is 467 g/mol. The summed E-state index contributed by atoms with van der Waals surface area (Å²) in [7, 11) is 0. The molecule has 8 heteroatoms. The molecule has 8 nitrogen and oxygen atoms in total. The number of aliphatic hydroxyl groups is 1. The van der Waals surface area contributed by atoms with Gasteiger partial charge >= 0.3 is 11.9 Å². The molecule has 0 radical (unpaired) electrons. The highest BCUT2D eigenvalue weighted by Gasteiger charge is 2.68. The molecular weight excluding hydrogens is 428 g/mol. The second-order valence-electron chi connectivity index (χ2n) is 11.1. The van der Waals surface area contributed by atoms with Crippen molar-refractivity contribution in [2.75, 3.05) is 13.2 Å². The molecule has 4 aliphatic rings. The molecule has 186 valence electrons. The minimum absolute atomic E-state index is 0.0243. The van der Waals surface area contributed by atoms with Gasteiger partial charge in [-0.05, 0) is 68.6 Å². The number of fused-ring (bicyclic) bond motifs is 5. The summed E-state index contributed by atoms with van der Waals surface area (Å²) in [6, 6.07) is 0. The fourth-order valence-corrected chi connectivity index (χ4v) is 8.31. The molecule has 0 aromatic heterocycles. The van der Waals surface area contributed by atoms with Crippen molar-refractivity contribution >= 4 is 18.4 Å². The van der Waals surface area contributed by atoms with E-state index in [1.54, 1.807) is 0 Å². The predicted octanol–water partition coefficient (Wildman–Crippen LogP) is 2.99. The highest BCUT2D eigenvalue weighted by Crippen LogP contribution is 2.67. The molecule has 1 heterocycles. The van der Waals surface area contributed by atoms with Crippen molar-refractivity contribution in [3.8, 4) is 0 Å². The fourth-order valence-electron chi connectivity index (χ4n) is 8.31. The topological polar surface area (TPSA) is 108 Å². The van der Waals surface area contributed by atoms with Gasteiger partial charge in [-0.2, -0.15) is 0 Å². The number of hydrogen-bond donors (Lipinski definition) is 1. The maximum Gasteiger partial charge on any atom is 0.302 e. The van der Waals surface area contributed by atoms with Crippen LogP contribution < -0.4 is 0 Å². The van der Waals surface area contributed by atoms with Crippen LogP contribution in [-0.2, 0) is 33.3 Å². The molecule has 0 bridgehead atoms. The van der Waals surface area contributed by atoms with Crippen molar-refractivity contribution in [3.05, 3.63) is 0 Å². The van der Waals surface area contributed by atoms with Gasteiger partial charge in [-0.15, -0.1) is 0 Å². The lowest BCUT2D eigenvalue weighted by atomic mass is 9.48. The Morgan fingerprint density at radius 2 is 1.88 bits per heavy atom. The average Bonchev–Trinajstić information content (AvgIpc) is 3.08. The molecule has 0 aromatic carbocycles. The molecule has 0 amide bonds. The summed E-state index contributed by atoms with van der Waals surface area (Å²) in [5, 5.41) is 11.8. The molecule has 3 saturated carbocycles. The predicted molar refractivity (Wildman–Crippen MR) is 117 cm³/mol. The van der Waals surface area contributed by atoms with E-state index in [1.807, 2.05) is 6.92 Å². The van der Waals surface area contributed by atoms with E-state index >= 15 is 0 Å². The van der Waals surface area contributed by atoms with E-state index in [0.29, 0.717) is 31.8 Å². The van der Waals surface area contributed by atoms with Gasteiger partial charge in [0, 0.05) is 26.2 Å². The van der Waals surface area contributed by atoms with Gasteiger partial charge in [-0.3, -0.25) is 14.4 Å². The zero-order valence-corrected chi connectivity index (χ0v) is 20.2. The fraction of sp³-hybridized carbons (Fsp3) is 0.880. The summed E-state index contributed by atoms with van der Waals surface area (Å²) < 4.78 is 22.6. The van der Waals surface area contributed by atoms with Gasteiger partial charge < -0.3 is 24.1 Å². The molecule has 1 saturated heterocycles. The summed E-state index contributed by atoms with van der Waals surface area (Å²) in [5.41, 5.74) is -0.703. The largest absolute Gasteiger partial charge is 0.467 e. The molecule has 33 heavy (non-hydrogen) atoms. The lowest BCUT2D eigenvalue weighted by Gasteiger charge is -2.63. The second kappa shape index (κ2) is 8.84. The van der Waals surface area contributed by atoms with Gasteiger partial charge in [0.15, 0.2) is 5.79 Å². The van der Waals surface area contributed by atoms with Crippen LogP contribution in [0.25, 0.3) is 0 Å². The van der Waals surface area contributed by atoms with E-state index in [2.05, 4.69) is 6.92 Å². The van der Waals surface area contributed by atoms with E-state index in [1.165, 1.54) is 13.8 Å². The molecular formula is C25H38O8. The normalized spacial score (nSPS) is 45.1. The number of ether oxygens (including phenoxy) is 4. The summed E-state index contributed by atoms with van der Waals surface area (Å²) in [4.78, 5) is 34.3. The Bertz CT molecular complexity index is 784. The van der Waals surface area contributed by atoms with Crippen LogP contribution in [0, 0.1) is 34.5 Å². The van der Waals surface area contributed by atoms with E-state index in [-0.39, 0.29) is 54.2 Å². The van der Waals surface area contributed by atoms with Crippen LogP contribution in [-0.4, -0.2) is 54.7 Å². The van der Waals surface area contributed by atoms with E-state index < -0.39 is 17.3 Å². The van der Waals surface area contributed by atoms with Crippen LogP contribution in [0.4, 0.5) is 0 Å². The molecule has 0 spiro atoms. The van der Waals surface area contributed by atoms with E-state index in [4.69, 9.17) is 18.9 Å². The van der Waals surface area contributed by atoms with Crippen LogP contribution in [0.1, 0.15) is 72.6 Å². The number of hydrogen-bond acceptors (Lipinski definition) is 8. The maximum absolute atomic E-state index is 11.8. The highest BCUT2D eigenvalue weighted by atomic mass is 16.6. The summed E-state index contributed by atoms with van der Waals surface area (Å²) >= 11 is 0. The SMILES string of the molecule is CC(=O)O[C@H]1CC[C@]2(COC=O)[C@H]3CC[C@]4(C)[C@@H]([C@@H](C)OC(C)=O)CC[C@H]4[C@@H]3CO[C@@]2(O)C1. The zero-order valence-electron chi connectivity index (χ0n) is 20.2. The van der Waals surface area contributed by atoms with Gasteiger partial charge in [0.25, 0.3) is 6.47 Å². The Labute approximate surface area is 195 Å². The van der Waals surface area contributed by atoms with Crippen molar-refractivity contribution in [2.24, 2.45) is 34.5 Å². The first-order valence-electron chi connectivity index (χ1n) is 12.3. The number of carbonyl (C=O) groups is 3. The van der Waals surface area contributed by atoms with Crippen LogP contribution in [0.15, 0.2) is 0 Å². The molecule has 4 fully saturated rings. The third-order valence-electron chi connectivity index (χ3n) is 9.59. The minimum Gasteiger partial charge on any atom is -0.467 e. The molecule has 1 N–H and O–H groups in total. The number of esters is 2. The van der Waals surface area contributed by atoms with Gasteiger partial charge in [0.1, 0.15) is 18.8 Å². The Kier molecular flexibility index (Phi) is 6.55. The molecule has 9 atom stereocenters. The Morgan fingerprint density at radius 3 is 2.55 bits per heavy atom. The lowest BCUT2D eigenvalue weighted by molar-refractivity contribution is -0.368. The van der Waals surface area contributed by atoms with Crippen LogP contribution >= 0.6 is 0 Å². The highest BCUT2D eigenvalue weighted by molar-refractivity contribution is 5.66. The van der Waals surface area contributed by atoms with Gasteiger partial charge in [0.05, 0.1) is 12.0 Å². The first-order chi connectivity index (χ1) is 15.6. The van der Waals surface area contributed by atoms with Crippen LogP contribution in [0.3, 0.4) is 0 Å². The number of rotatable bonds is 6. The molecule has 3 aliphatic carbocycles. The smallest absolute Gasteiger partial charge is 0.302 e. The third kappa shape index (κ3) is 3.97. The molecule has 1 aliphatic heterocycles. The third-order valence-corrected chi connectivity index (χ3v) is 9.59. The summed E-state index contributed by atoms with van der Waals surface area (Å²) in [6.07, 6.45) is 4.66. The number of carbonyl (C=O) groups excluding carboxylic acids is 3. The van der Waals surface area contributed by atoms with E-state index in [0.717, 1.165) is 25.7 Å². The summed E-state index contributed by atoms with van der Waals surface area (Å²) in [6.45, 7) is 8.10. The summed E-state index contributed by atoms with van der Waals surface area (Å²) in [5.74, 6) is -1.11. The maximum atomic E-state index is 11.8. The Hall–Kier alpha value is -1.67. The Morgan fingerprint density at radius 1 is 1.12 bits per heavy atom. The lowest BCUT2D eigenvalue weighted by Crippen LogP contribution is -2.68. The monoisotopic (exact) mass is 466 g/mol. The van der Waals surface area contributed by atoms with Crippen molar-refractivity contribution in [3.63, 3.8) is 0 Å². The second-order valence-corrected chi connectivity index (χ2v) is 11.1. The standard InChI is InChI=1S/C25H38O8/c1-15(32-16(2)27)20-5-6-21-19-12-31-25(29)11-18(33-17(3)28)7-10-24(25,13-30-14-26)22(19)8-9-23(20,21)4/h14-15,18-22,29H,5-13H2,1-4H3/t15-,18+,19+,20-,21+,22+,23-,24+,25+/m1/s1. The van der Waals surface area contributed by atoms with Crippen molar-refractivity contribution in [1.82, 2.24) is 0 Å². The van der Waals surface area contributed by atoms with Gasteiger partial charge in [-0.1, -0.05) is 6.92 Å². The minimum atomic E-state index is -1.51. The van der Waals surface area contributed by atoms with Crippen LogP contribution in [0.2, 0.25) is 0 Å². The van der Waals surface area contributed by atoms with E-state index in [9.17, 15) is 19.5 Å². The first-order valence-corrected chi connectivity index (χ1v) is 12.3. The van der Waals surface area contributed by atoms with Gasteiger partial charge in [0.2, 0.25) is 0 Å². The zero-order chi connectivity index (χ0) is 24.0. The van der Waals surface area contributed by atoms with Crippen molar-refractivity contribution in [2.45, 2.75) is 90.6 Å².